The van der Waals surface area contributed by atoms with E-state index in [9.17, 15) is 0 Å². The van der Waals surface area contributed by atoms with Crippen LogP contribution in [0.2, 0.25) is 0 Å². The summed E-state index contributed by atoms with van der Waals surface area (Å²) in [5.41, 5.74) is 9.24. The second kappa shape index (κ2) is 5.28. The number of fused-ring (bicyclic) bond motifs is 1. The molecule has 0 unspecified atom stereocenters. The number of para-hydroxylation sites is 2. The van der Waals surface area contributed by atoms with Gasteiger partial charge in [-0.3, -0.25) is 5.41 Å². The summed E-state index contributed by atoms with van der Waals surface area (Å²) >= 11 is 0. The minimum atomic E-state index is 0.0504. The van der Waals surface area contributed by atoms with Gasteiger partial charge in [-0.05, 0) is 30.3 Å². The van der Waals surface area contributed by atoms with E-state index in [0.29, 0.717) is 12.1 Å². The van der Waals surface area contributed by atoms with Crippen molar-refractivity contribution in [2.24, 2.45) is 5.73 Å². The van der Waals surface area contributed by atoms with E-state index in [-0.39, 0.29) is 5.84 Å². The molecule has 2 aromatic carbocycles. The first kappa shape index (κ1) is 13.2. The van der Waals surface area contributed by atoms with Crippen molar-refractivity contribution in [1.29, 1.82) is 5.41 Å². The molecule has 0 radical (unpaired) electrons. The van der Waals surface area contributed by atoms with E-state index >= 15 is 0 Å². The molecule has 3 N–H and O–H groups in total. The molecule has 0 aliphatic rings. The van der Waals surface area contributed by atoms with E-state index in [4.69, 9.17) is 15.9 Å². The van der Waals surface area contributed by atoms with E-state index in [1.54, 1.807) is 13.2 Å². The van der Waals surface area contributed by atoms with Gasteiger partial charge in [0.15, 0.2) is 0 Å². The van der Waals surface area contributed by atoms with Crippen LogP contribution in [0.25, 0.3) is 11.0 Å². The first-order chi connectivity index (χ1) is 10.2. The predicted molar refractivity (Wildman–Crippen MR) is 82.8 cm³/mol. The Balaban J connectivity index is 2.04. The third kappa shape index (κ3) is 2.45. The highest BCUT2D eigenvalue weighted by Crippen LogP contribution is 2.22. The van der Waals surface area contributed by atoms with Crippen LogP contribution in [0.15, 0.2) is 48.8 Å². The molecule has 1 heterocycles. The molecule has 5 nitrogen and oxygen atoms in total. The third-order valence-electron chi connectivity index (χ3n) is 3.46. The fourth-order valence-electron chi connectivity index (χ4n) is 2.39. The Bertz CT molecular complexity index is 807. The average Bonchev–Trinajstić information content (AvgIpc) is 2.90. The lowest BCUT2D eigenvalue weighted by Crippen LogP contribution is -2.12. The SMILES string of the molecule is COc1ccc(C(=N)N)cc1Cn1cnc2ccccc21. The molecule has 0 saturated carbocycles. The summed E-state index contributed by atoms with van der Waals surface area (Å²) in [6.07, 6.45) is 1.81. The lowest BCUT2D eigenvalue weighted by molar-refractivity contribution is 0.408. The van der Waals surface area contributed by atoms with Crippen LogP contribution in [0.3, 0.4) is 0 Å². The fourth-order valence-corrected chi connectivity index (χ4v) is 2.39. The zero-order valence-corrected chi connectivity index (χ0v) is 11.7. The van der Waals surface area contributed by atoms with Crippen molar-refractivity contribution in [3.05, 3.63) is 59.9 Å². The molecular formula is C16H16N4O. The van der Waals surface area contributed by atoms with Crippen LogP contribution in [-0.2, 0) is 6.54 Å². The van der Waals surface area contributed by atoms with Crippen molar-refractivity contribution in [1.82, 2.24) is 9.55 Å². The van der Waals surface area contributed by atoms with Gasteiger partial charge in [0.1, 0.15) is 11.6 Å². The first-order valence-corrected chi connectivity index (χ1v) is 6.60. The van der Waals surface area contributed by atoms with Gasteiger partial charge in [-0.1, -0.05) is 12.1 Å². The standard InChI is InChI=1S/C16H16N4O/c1-21-15-7-6-11(16(17)18)8-12(15)9-20-10-19-13-4-2-3-5-14(13)20/h2-8,10H,9H2,1H3,(H3,17,18). The van der Waals surface area contributed by atoms with Gasteiger partial charge in [0.05, 0.1) is 31.0 Å². The number of amidine groups is 1. The van der Waals surface area contributed by atoms with E-state index in [1.807, 2.05) is 42.7 Å². The van der Waals surface area contributed by atoms with Crippen LogP contribution in [-0.4, -0.2) is 22.5 Å². The molecule has 3 aromatic rings. The maximum Gasteiger partial charge on any atom is 0.123 e. The largest absolute Gasteiger partial charge is 0.496 e. The second-order valence-corrected chi connectivity index (χ2v) is 4.80. The second-order valence-electron chi connectivity index (χ2n) is 4.80. The summed E-state index contributed by atoms with van der Waals surface area (Å²) < 4.78 is 7.45. The lowest BCUT2D eigenvalue weighted by Gasteiger charge is -2.11. The molecule has 0 fully saturated rings. The molecule has 3 rings (SSSR count). The molecule has 5 heteroatoms. The van der Waals surface area contributed by atoms with Gasteiger partial charge in [-0.25, -0.2) is 4.98 Å². The molecule has 21 heavy (non-hydrogen) atoms. The number of methoxy groups -OCH3 is 1. The zero-order chi connectivity index (χ0) is 14.8. The van der Waals surface area contributed by atoms with Crippen molar-refractivity contribution in [2.45, 2.75) is 6.54 Å². The predicted octanol–water partition coefficient (Wildman–Crippen LogP) is 2.38. The summed E-state index contributed by atoms with van der Waals surface area (Å²) in [5, 5.41) is 7.56. The number of hydrogen-bond donors (Lipinski definition) is 2. The van der Waals surface area contributed by atoms with Crippen LogP contribution in [0.5, 0.6) is 5.75 Å². The summed E-state index contributed by atoms with van der Waals surface area (Å²) in [6, 6.07) is 13.5. The van der Waals surface area contributed by atoms with Crippen molar-refractivity contribution in [3.63, 3.8) is 0 Å². The third-order valence-corrected chi connectivity index (χ3v) is 3.46. The molecule has 0 bridgehead atoms. The molecule has 0 atom stereocenters. The van der Waals surface area contributed by atoms with E-state index in [0.717, 1.165) is 22.3 Å². The average molecular weight is 280 g/mol. The lowest BCUT2D eigenvalue weighted by atomic mass is 10.1. The molecule has 0 amide bonds. The number of aromatic nitrogens is 2. The zero-order valence-electron chi connectivity index (χ0n) is 11.7. The molecular weight excluding hydrogens is 264 g/mol. The highest BCUT2D eigenvalue weighted by Gasteiger charge is 2.09. The number of nitrogens with one attached hydrogen (secondary N) is 1. The van der Waals surface area contributed by atoms with Crippen LogP contribution in [0, 0.1) is 5.41 Å². The molecule has 0 saturated heterocycles. The number of imidazole rings is 1. The number of nitrogen functional groups attached to an aromatic ring is 1. The number of benzene rings is 2. The summed E-state index contributed by atoms with van der Waals surface area (Å²) in [5.74, 6) is 0.826. The van der Waals surface area contributed by atoms with Gasteiger partial charge in [-0.15, -0.1) is 0 Å². The quantitative estimate of drug-likeness (QED) is 0.569. The van der Waals surface area contributed by atoms with Gasteiger partial charge < -0.3 is 15.0 Å². The normalized spacial score (nSPS) is 10.7. The number of ether oxygens (including phenoxy) is 1. The van der Waals surface area contributed by atoms with Crippen molar-refractivity contribution < 1.29 is 4.74 Å². The number of rotatable bonds is 4. The summed E-state index contributed by atoms with van der Waals surface area (Å²) in [4.78, 5) is 4.38. The summed E-state index contributed by atoms with van der Waals surface area (Å²) in [6.45, 7) is 0.616. The van der Waals surface area contributed by atoms with Gasteiger partial charge in [0.25, 0.3) is 0 Å². The smallest absolute Gasteiger partial charge is 0.123 e. The maximum absolute atomic E-state index is 7.56. The number of nitrogens with zero attached hydrogens (tertiary/aromatic N) is 2. The topological polar surface area (TPSA) is 76.9 Å². The molecule has 106 valence electrons. The Morgan fingerprint density at radius 1 is 1.29 bits per heavy atom. The Kier molecular flexibility index (Phi) is 3.31. The van der Waals surface area contributed by atoms with Crippen molar-refractivity contribution in [2.75, 3.05) is 7.11 Å². The minimum absolute atomic E-state index is 0.0504. The maximum atomic E-state index is 7.56. The Labute approximate surface area is 122 Å². The molecule has 0 aliphatic heterocycles. The van der Waals surface area contributed by atoms with E-state index in [2.05, 4.69) is 9.55 Å². The Hall–Kier alpha value is -2.82. The van der Waals surface area contributed by atoms with Gasteiger partial charge in [0, 0.05) is 11.1 Å². The Morgan fingerprint density at radius 2 is 2.10 bits per heavy atom. The van der Waals surface area contributed by atoms with Gasteiger partial charge in [0.2, 0.25) is 0 Å². The van der Waals surface area contributed by atoms with Crippen LogP contribution >= 0.6 is 0 Å². The number of hydrogen-bond acceptors (Lipinski definition) is 3. The van der Waals surface area contributed by atoms with Gasteiger partial charge in [-0.2, -0.15) is 0 Å². The fraction of sp³-hybridized carbons (Fsp3) is 0.125. The van der Waals surface area contributed by atoms with Crippen LogP contribution in [0.1, 0.15) is 11.1 Å². The van der Waals surface area contributed by atoms with Crippen molar-refractivity contribution >= 4 is 16.9 Å². The summed E-state index contributed by atoms with van der Waals surface area (Å²) in [7, 11) is 1.64. The first-order valence-electron chi connectivity index (χ1n) is 6.60. The molecule has 1 aromatic heterocycles. The van der Waals surface area contributed by atoms with E-state index < -0.39 is 0 Å². The van der Waals surface area contributed by atoms with Crippen LogP contribution < -0.4 is 10.5 Å². The molecule has 0 spiro atoms. The Morgan fingerprint density at radius 3 is 2.86 bits per heavy atom. The van der Waals surface area contributed by atoms with Gasteiger partial charge >= 0.3 is 0 Å². The molecule has 0 aliphatic carbocycles. The van der Waals surface area contributed by atoms with Crippen molar-refractivity contribution in [3.8, 4) is 5.75 Å². The number of nitrogens with two attached hydrogens (primary N) is 1. The highest BCUT2D eigenvalue weighted by atomic mass is 16.5. The monoisotopic (exact) mass is 280 g/mol. The van der Waals surface area contributed by atoms with Crippen LogP contribution in [0.4, 0.5) is 0 Å². The minimum Gasteiger partial charge on any atom is -0.496 e. The van der Waals surface area contributed by atoms with E-state index in [1.165, 1.54) is 0 Å². The highest BCUT2D eigenvalue weighted by molar-refractivity contribution is 5.95.